The number of aryl methyl sites for hydroxylation is 1. The molecule has 1 aliphatic rings. The van der Waals surface area contributed by atoms with Crippen molar-refractivity contribution in [3.05, 3.63) is 23.8 Å². The van der Waals surface area contributed by atoms with Crippen molar-refractivity contribution < 1.29 is 14.3 Å². The number of benzene rings is 1. The molecule has 92 valence electrons. The summed E-state index contributed by atoms with van der Waals surface area (Å²) in [6.45, 7) is 2.24. The van der Waals surface area contributed by atoms with Gasteiger partial charge in [-0.3, -0.25) is 0 Å². The Morgan fingerprint density at radius 1 is 1.53 bits per heavy atom. The number of carbonyl (C=O) groups is 1. The van der Waals surface area contributed by atoms with Crippen molar-refractivity contribution in [2.24, 2.45) is 0 Å². The first-order chi connectivity index (χ1) is 8.24. The number of esters is 1. The van der Waals surface area contributed by atoms with Crippen molar-refractivity contribution >= 4 is 11.7 Å². The molecule has 1 heterocycles. The average Bonchev–Trinajstić information content (AvgIpc) is 2.37. The van der Waals surface area contributed by atoms with Crippen LogP contribution in [0.1, 0.15) is 18.9 Å². The summed E-state index contributed by atoms with van der Waals surface area (Å²) in [4.78, 5) is 11.6. The first-order valence-corrected chi connectivity index (χ1v) is 5.84. The zero-order valence-electron chi connectivity index (χ0n) is 10.2. The first kappa shape index (κ1) is 11.8. The van der Waals surface area contributed by atoms with Gasteiger partial charge in [-0.05, 0) is 43.5 Å². The van der Waals surface area contributed by atoms with E-state index in [0.29, 0.717) is 6.61 Å². The van der Waals surface area contributed by atoms with E-state index in [1.807, 2.05) is 25.1 Å². The fourth-order valence-electron chi connectivity index (χ4n) is 2.02. The van der Waals surface area contributed by atoms with Crippen molar-refractivity contribution in [2.75, 3.05) is 19.0 Å². The Morgan fingerprint density at radius 2 is 2.35 bits per heavy atom. The third-order valence-corrected chi connectivity index (χ3v) is 2.92. The van der Waals surface area contributed by atoms with Gasteiger partial charge in [-0.25, -0.2) is 4.79 Å². The molecule has 0 spiro atoms. The lowest BCUT2D eigenvalue weighted by Crippen LogP contribution is -2.34. The van der Waals surface area contributed by atoms with Gasteiger partial charge in [-0.2, -0.15) is 0 Å². The lowest BCUT2D eigenvalue weighted by molar-refractivity contribution is -0.144. The molecular weight excluding hydrogens is 218 g/mol. The third-order valence-electron chi connectivity index (χ3n) is 2.92. The predicted octanol–water partition coefficient (Wildman–Crippen LogP) is 1.98. The summed E-state index contributed by atoms with van der Waals surface area (Å²) in [6, 6.07) is 5.61. The first-order valence-electron chi connectivity index (χ1n) is 5.84. The van der Waals surface area contributed by atoms with E-state index in [9.17, 15) is 4.79 Å². The SMILES string of the molecule is CCOC(=O)C1CCc2cc(OC)ccc2N1. The molecule has 0 bridgehead atoms. The molecule has 4 heteroatoms. The van der Waals surface area contributed by atoms with E-state index in [1.165, 1.54) is 5.56 Å². The molecule has 0 aromatic heterocycles. The molecular formula is C13H17NO3. The van der Waals surface area contributed by atoms with Crippen molar-refractivity contribution in [3.8, 4) is 5.75 Å². The minimum Gasteiger partial charge on any atom is -0.497 e. The Balaban J connectivity index is 2.11. The van der Waals surface area contributed by atoms with E-state index in [1.54, 1.807) is 7.11 Å². The van der Waals surface area contributed by atoms with E-state index in [2.05, 4.69) is 5.32 Å². The molecule has 1 aliphatic heterocycles. The molecule has 0 amide bonds. The number of fused-ring (bicyclic) bond motifs is 1. The van der Waals surface area contributed by atoms with Crippen LogP contribution >= 0.6 is 0 Å². The molecule has 1 unspecified atom stereocenters. The maximum absolute atomic E-state index is 11.6. The van der Waals surface area contributed by atoms with Gasteiger partial charge in [0.2, 0.25) is 0 Å². The zero-order valence-corrected chi connectivity index (χ0v) is 10.2. The summed E-state index contributed by atoms with van der Waals surface area (Å²) in [6.07, 6.45) is 1.63. The zero-order chi connectivity index (χ0) is 12.3. The number of anilines is 1. The highest BCUT2D eigenvalue weighted by Gasteiger charge is 2.24. The topological polar surface area (TPSA) is 47.6 Å². The quantitative estimate of drug-likeness (QED) is 0.814. The van der Waals surface area contributed by atoms with Crippen molar-refractivity contribution in [2.45, 2.75) is 25.8 Å². The minimum absolute atomic E-state index is 0.172. The average molecular weight is 235 g/mol. The predicted molar refractivity (Wildman–Crippen MR) is 65.4 cm³/mol. The second kappa shape index (κ2) is 5.08. The maximum Gasteiger partial charge on any atom is 0.328 e. The van der Waals surface area contributed by atoms with Gasteiger partial charge in [0.25, 0.3) is 0 Å². The number of carbonyl (C=O) groups excluding carboxylic acids is 1. The third kappa shape index (κ3) is 2.52. The largest absolute Gasteiger partial charge is 0.497 e. The lowest BCUT2D eigenvalue weighted by atomic mass is 9.98. The molecule has 0 saturated carbocycles. The fourth-order valence-corrected chi connectivity index (χ4v) is 2.02. The fraction of sp³-hybridized carbons (Fsp3) is 0.462. The number of hydrogen-bond donors (Lipinski definition) is 1. The van der Waals surface area contributed by atoms with Crippen LogP contribution in [0.4, 0.5) is 5.69 Å². The lowest BCUT2D eigenvalue weighted by Gasteiger charge is -2.25. The summed E-state index contributed by atoms with van der Waals surface area (Å²) >= 11 is 0. The second-order valence-corrected chi connectivity index (χ2v) is 4.01. The molecule has 0 saturated heterocycles. The van der Waals surface area contributed by atoms with Gasteiger partial charge in [0.15, 0.2) is 0 Å². The normalized spacial score (nSPS) is 17.9. The van der Waals surface area contributed by atoms with E-state index < -0.39 is 0 Å². The van der Waals surface area contributed by atoms with Gasteiger partial charge in [-0.1, -0.05) is 0 Å². The van der Waals surface area contributed by atoms with Crippen LogP contribution in [0.25, 0.3) is 0 Å². The van der Waals surface area contributed by atoms with Crippen LogP contribution in [0.3, 0.4) is 0 Å². The summed E-state index contributed by atoms with van der Waals surface area (Å²) in [5.74, 6) is 0.675. The number of rotatable bonds is 3. The Hall–Kier alpha value is -1.71. The smallest absolute Gasteiger partial charge is 0.328 e. The highest BCUT2D eigenvalue weighted by Crippen LogP contribution is 2.28. The maximum atomic E-state index is 11.6. The standard InChI is InChI=1S/C13H17NO3/c1-3-17-13(15)12-6-4-9-8-10(16-2)5-7-11(9)14-12/h5,7-8,12,14H,3-4,6H2,1-2H3. The van der Waals surface area contributed by atoms with Crippen LogP contribution in [-0.4, -0.2) is 25.7 Å². The highest BCUT2D eigenvalue weighted by atomic mass is 16.5. The molecule has 1 atom stereocenters. The number of hydrogen-bond acceptors (Lipinski definition) is 4. The van der Waals surface area contributed by atoms with Crippen molar-refractivity contribution in [1.82, 2.24) is 0 Å². The van der Waals surface area contributed by atoms with Gasteiger partial charge < -0.3 is 14.8 Å². The number of ether oxygens (including phenoxy) is 2. The second-order valence-electron chi connectivity index (χ2n) is 4.01. The van der Waals surface area contributed by atoms with Gasteiger partial charge in [0.05, 0.1) is 13.7 Å². The van der Waals surface area contributed by atoms with Gasteiger partial charge in [-0.15, -0.1) is 0 Å². The van der Waals surface area contributed by atoms with E-state index in [0.717, 1.165) is 24.3 Å². The number of methoxy groups -OCH3 is 1. The summed E-state index contributed by atoms with van der Waals surface area (Å²) in [7, 11) is 1.65. The van der Waals surface area contributed by atoms with Crippen LogP contribution in [-0.2, 0) is 16.0 Å². The molecule has 0 fully saturated rings. The molecule has 2 rings (SSSR count). The summed E-state index contributed by atoms with van der Waals surface area (Å²) in [5, 5.41) is 3.20. The molecule has 1 N–H and O–H groups in total. The van der Waals surface area contributed by atoms with Crippen molar-refractivity contribution in [3.63, 3.8) is 0 Å². The number of nitrogens with one attached hydrogen (secondary N) is 1. The summed E-state index contributed by atoms with van der Waals surface area (Å²) in [5.41, 5.74) is 2.18. The summed E-state index contributed by atoms with van der Waals surface area (Å²) < 4.78 is 10.2. The van der Waals surface area contributed by atoms with Gasteiger partial charge in [0.1, 0.15) is 11.8 Å². The van der Waals surface area contributed by atoms with Crippen molar-refractivity contribution in [1.29, 1.82) is 0 Å². The Bertz CT molecular complexity index is 417. The van der Waals surface area contributed by atoms with E-state index in [-0.39, 0.29) is 12.0 Å². The molecule has 0 radical (unpaired) electrons. The monoisotopic (exact) mass is 235 g/mol. The van der Waals surface area contributed by atoms with Crippen LogP contribution < -0.4 is 10.1 Å². The Morgan fingerprint density at radius 3 is 3.06 bits per heavy atom. The van der Waals surface area contributed by atoms with E-state index in [4.69, 9.17) is 9.47 Å². The molecule has 4 nitrogen and oxygen atoms in total. The highest BCUT2D eigenvalue weighted by molar-refractivity contribution is 5.80. The molecule has 17 heavy (non-hydrogen) atoms. The molecule has 0 aliphatic carbocycles. The van der Waals surface area contributed by atoms with Crippen LogP contribution in [0, 0.1) is 0 Å². The van der Waals surface area contributed by atoms with Crippen LogP contribution in [0.5, 0.6) is 5.75 Å². The van der Waals surface area contributed by atoms with Gasteiger partial charge in [0, 0.05) is 5.69 Å². The molecule has 1 aromatic rings. The van der Waals surface area contributed by atoms with Gasteiger partial charge >= 0.3 is 5.97 Å². The molecule has 1 aromatic carbocycles. The van der Waals surface area contributed by atoms with Crippen LogP contribution in [0.15, 0.2) is 18.2 Å². The van der Waals surface area contributed by atoms with E-state index >= 15 is 0 Å². The van der Waals surface area contributed by atoms with Crippen LogP contribution in [0.2, 0.25) is 0 Å². The minimum atomic E-state index is -0.226. The Kier molecular flexibility index (Phi) is 3.52. The Labute approximate surface area is 101 Å².